The number of nitrogens with two attached hydrogens (primary N) is 1. The third-order valence-corrected chi connectivity index (χ3v) is 9.59. The molecule has 2 unspecified atom stereocenters. The standard InChI is InChI=1S/C20H24FN7O12P2S/c1-33-40-41(31)34-6-11-15(13(21)19(37-11)28-8-25-14-16(22)23-7-24-17(14)28)39-42(32,43)35-5-9-4-10(38-41)18(36-9)27-3-2-12(29)26-20(27)30/h2-3,7-11,13,15,18-19H,4-6H2,1H3,(H,32,43)(H2,22,23,24)(H,26,29,30)/t9-,10+,11+,13+,15+,18+,19+,41?,42?/m0/s1. The Kier molecular flexibility index (Phi) is 8.35. The van der Waals surface area contributed by atoms with Crippen LogP contribution in [-0.4, -0.2) is 84.9 Å². The van der Waals surface area contributed by atoms with Crippen molar-refractivity contribution < 1.29 is 51.0 Å². The molecule has 9 atom stereocenters. The molecule has 3 saturated heterocycles. The van der Waals surface area contributed by atoms with Crippen molar-refractivity contribution in [1.29, 1.82) is 0 Å². The lowest BCUT2D eigenvalue weighted by atomic mass is 10.1. The van der Waals surface area contributed by atoms with Crippen LogP contribution in [0.5, 0.6) is 0 Å². The molecule has 2 bridgehead atoms. The first kappa shape index (κ1) is 30.5. The minimum atomic E-state index is -4.66. The molecule has 19 nitrogen and oxygen atoms in total. The van der Waals surface area contributed by atoms with Gasteiger partial charge in [0.05, 0.1) is 32.8 Å². The molecule has 0 amide bonds. The number of aromatic amines is 1. The van der Waals surface area contributed by atoms with Crippen LogP contribution >= 0.6 is 14.5 Å². The van der Waals surface area contributed by atoms with Gasteiger partial charge < -0.3 is 24.6 Å². The summed E-state index contributed by atoms with van der Waals surface area (Å²) in [5.41, 5.74) is 4.65. The van der Waals surface area contributed by atoms with E-state index in [-0.39, 0.29) is 23.4 Å². The Morgan fingerprint density at radius 3 is 2.72 bits per heavy atom. The maximum Gasteiger partial charge on any atom is 0.502 e. The van der Waals surface area contributed by atoms with Crippen LogP contribution in [0.1, 0.15) is 18.9 Å². The molecule has 3 aliphatic heterocycles. The highest BCUT2D eigenvalue weighted by molar-refractivity contribution is 8.07. The second kappa shape index (κ2) is 11.8. The Labute approximate surface area is 244 Å². The van der Waals surface area contributed by atoms with Crippen molar-refractivity contribution in [2.75, 3.05) is 26.1 Å². The lowest BCUT2D eigenvalue weighted by molar-refractivity contribution is -0.207. The van der Waals surface area contributed by atoms with Crippen molar-refractivity contribution in [1.82, 2.24) is 29.1 Å². The number of H-pyrrole nitrogens is 1. The second-order valence-corrected chi connectivity index (χ2v) is 13.8. The number of phosphoric acid groups is 1. The average Bonchev–Trinajstić information content (AvgIpc) is 3.63. The number of rotatable bonds is 4. The summed E-state index contributed by atoms with van der Waals surface area (Å²) in [7, 11) is -3.61. The van der Waals surface area contributed by atoms with Crippen molar-refractivity contribution in [2.45, 2.75) is 49.5 Å². The lowest BCUT2D eigenvalue weighted by Crippen LogP contribution is -2.36. The number of phosphoric ester groups is 1. The van der Waals surface area contributed by atoms with Crippen LogP contribution in [0.4, 0.5) is 10.2 Å². The van der Waals surface area contributed by atoms with E-state index in [1.165, 1.54) is 10.9 Å². The van der Waals surface area contributed by atoms with Crippen LogP contribution in [0.3, 0.4) is 0 Å². The van der Waals surface area contributed by atoms with Gasteiger partial charge in [-0.05, 0) is 11.8 Å². The molecule has 23 heteroatoms. The quantitative estimate of drug-likeness (QED) is 0.191. The lowest BCUT2D eigenvalue weighted by Gasteiger charge is -2.27. The number of aromatic nitrogens is 6. The number of hydrogen-bond donors (Lipinski definition) is 3. The molecule has 0 aromatic carbocycles. The van der Waals surface area contributed by atoms with Crippen LogP contribution in [0, 0.1) is 0 Å². The van der Waals surface area contributed by atoms with E-state index >= 15 is 4.39 Å². The Morgan fingerprint density at radius 1 is 1.14 bits per heavy atom. The fraction of sp³-hybridized carbons (Fsp3) is 0.550. The SMILES string of the molecule is COOP1(=O)OC[C@H]2O[C@@H](n3cnc4c(N)ncnc43)[C@H](F)[C@@H]2OP(O)(=S)OC[C@@H]2C[C@@H](O1)[C@H](n1ccc(=O)[nH]c1=O)O2. The normalized spacial score (nSPS) is 37.0. The summed E-state index contributed by atoms with van der Waals surface area (Å²) in [6.45, 7) is -5.27. The number of hydrogen-bond acceptors (Lipinski definition) is 16. The molecule has 0 spiro atoms. The van der Waals surface area contributed by atoms with Gasteiger partial charge in [-0.15, -0.1) is 4.67 Å². The first-order valence-electron chi connectivity index (χ1n) is 12.5. The number of halogens is 1. The van der Waals surface area contributed by atoms with Crippen LogP contribution in [0.15, 0.2) is 34.5 Å². The highest BCUT2D eigenvalue weighted by atomic mass is 32.5. The predicted molar refractivity (Wildman–Crippen MR) is 142 cm³/mol. The predicted octanol–water partition coefficient (Wildman–Crippen LogP) is 0.202. The minimum absolute atomic E-state index is 0.0487. The number of nitrogens with one attached hydrogen (secondary N) is 1. The van der Waals surface area contributed by atoms with Gasteiger partial charge in [0.25, 0.3) is 5.56 Å². The maximum absolute atomic E-state index is 16.0. The molecular formula is C20H24FN7O12P2S. The van der Waals surface area contributed by atoms with Crippen molar-refractivity contribution in [3.63, 3.8) is 0 Å². The number of alkyl halides is 1. The molecule has 3 aromatic rings. The maximum atomic E-state index is 16.0. The monoisotopic (exact) mass is 667 g/mol. The topological polar surface area (TPSA) is 236 Å². The summed E-state index contributed by atoms with van der Waals surface area (Å²) < 4.78 is 70.6. The van der Waals surface area contributed by atoms with Gasteiger partial charge in [-0.3, -0.25) is 32.5 Å². The van der Waals surface area contributed by atoms with E-state index in [2.05, 4.69) is 24.8 Å². The first-order valence-corrected chi connectivity index (χ1v) is 16.5. The summed E-state index contributed by atoms with van der Waals surface area (Å²) in [6.07, 6.45) is -6.39. The first-order chi connectivity index (χ1) is 20.5. The van der Waals surface area contributed by atoms with E-state index < -0.39 is 82.0 Å². The summed E-state index contributed by atoms with van der Waals surface area (Å²) in [6, 6.07) is 1.07. The molecule has 3 aliphatic rings. The van der Waals surface area contributed by atoms with Gasteiger partial charge >= 0.3 is 20.2 Å². The smallest absolute Gasteiger partial charge is 0.382 e. The van der Waals surface area contributed by atoms with Crippen LogP contribution in [-0.2, 0) is 53.5 Å². The third kappa shape index (κ3) is 6.08. The van der Waals surface area contributed by atoms with Gasteiger partial charge in [0.15, 0.2) is 30.1 Å². The van der Waals surface area contributed by atoms with Crippen LogP contribution < -0.4 is 17.0 Å². The van der Waals surface area contributed by atoms with Crippen LogP contribution in [0.2, 0.25) is 0 Å². The molecule has 43 heavy (non-hydrogen) atoms. The zero-order valence-electron chi connectivity index (χ0n) is 21.9. The number of anilines is 1. The Balaban J connectivity index is 1.32. The van der Waals surface area contributed by atoms with Crippen molar-refractivity contribution >= 4 is 43.3 Å². The van der Waals surface area contributed by atoms with E-state index in [0.29, 0.717) is 0 Å². The number of imidazole rings is 1. The summed E-state index contributed by atoms with van der Waals surface area (Å²) >= 11 is 5.15. The van der Waals surface area contributed by atoms with Gasteiger partial charge in [-0.25, -0.2) is 33.6 Å². The van der Waals surface area contributed by atoms with Gasteiger partial charge in [-0.1, -0.05) is 0 Å². The molecule has 0 saturated carbocycles. The molecule has 234 valence electrons. The van der Waals surface area contributed by atoms with E-state index in [4.69, 9.17) is 49.8 Å². The summed E-state index contributed by atoms with van der Waals surface area (Å²) in [5, 5.41) is 0. The van der Waals surface area contributed by atoms with E-state index in [1.54, 1.807) is 0 Å². The molecule has 3 aromatic heterocycles. The molecule has 0 aliphatic carbocycles. The fourth-order valence-corrected chi connectivity index (χ4v) is 7.51. The van der Waals surface area contributed by atoms with Gasteiger partial charge in [0, 0.05) is 18.7 Å². The molecule has 6 rings (SSSR count). The zero-order valence-corrected chi connectivity index (χ0v) is 24.5. The summed E-state index contributed by atoms with van der Waals surface area (Å²) in [5.74, 6) is 0.0487. The average molecular weight is 667 g/mol. The Bertz CT molecular complexity index is 1720. The number of ether oxygens (including phenoxy) is 2. The number of fused-ring (bicyclic) bond motifs is 4. The van der Waals surface area contributed by atoms with Gasteiger partial charge in [-0.2, -0.15) is 0 Å². The van der Waals surface area contributed by atoms with Crippen molar-refractivity contribution in [3.05, 3.63) is 45.8 Å². The Hall–Kier alpha value is -2.52. The molecular weight excluding hydrogens is 643 g/mol. The van der Waals surface area contributed by atoms with Crippen molar-refractivity contribution in [3.8, 4) is 0 Å². The fourth-order valence-electron chi connectivity index (χ4n) is 4.88. The molecule has 4 N–H and O–H groups in total. The van der Waals surface area contributed by atoms with Crippen LogP contribution in [0.25, 0.3) is 11.2 Å². The van der Waals surface area contributed by atoms with Gasteiger partial charge in [0.2, 0.25) is 0 Å². The largest absolute Gasteiger partial charge is 0.502 e. The highest BCUT2D eigenvalue weighted by Gasteiger charge is 2.52. The number of nitrogen functional groups attached to an aromatic ring is 1. The zero-order chi connectivity index (χ0) is 30.5. The Morgan fingerprint density at radius 2 is 1.95 bits per heavy atom. The highest BCUT2D eigenvalue weighted by Crippen LogP contribution is 2.56. The molecule has 0 radical (unpaired) electrons. The van der Waals surface area contributed by atoms with Gasteiger partial charge in [0.1, 0.15) is 30.2 Å². The summed E-state index contributed by atoms with van der Waals surface area (Å²) in [4.78, 5) is 53.7. The second-order valence-electron chi connectivity index (χ2n) is 9.46. The third-order valence-electron chi connectivity index (χ3n) is 6.70. The number of nitrogens with zero attached hydrogens (tertiary/aromatic N) is 5. The molecule has 6 heterocycles. The molecule has 3 fully saturated rings. The van der Waals surface area contributed by atoms with E-state index in [1.807, 2.05) is 0 Å². The minimum Gasteiger partial charge on any atom is -0.382 e. The van der Waals surface area contributed by atoms with E-state index in [9.17, 15) is 19.0 Å². The van der Waals surface area contributed by atoms with E-state index in [0.717, 1.165) is 30.3 Å². The van der Waals surface area contributed by atoms with Crippen molar-refractivity contribution in [2.24, 2.45) is 0 Å².